The fourth-order valence-electron chi connectivity index (χ4n) is 2.38. The summed E-state index contributed by atoms with van der Waals surface area (Å²) in [5.41, 5.74) is 4.55. The average Bonchev–Trinajstić information content (AvgIpc) is 2.71. The zero-order valence-corrected chi connectivity index (χ0v) is 17.5. The van der Waals surface area contributed by atoms with E-state index < -0.39 is 5.97 Å². The lowest BCUT2D eigenvalue weighted by Gasteiger charge is -2.05. The molecule has 5 nitrogen and oxygen atoms in total. The number of carbonyl (C=O) groups excluding carboxylic acids is 2. The standard InChI is InChI=1S/C22H16BrClN2O3/c23-18-7-1-15(2-8-18)13-21(27)26-25-14-16-3-11-20(12-4-16)29-22(28)17-5-9-19(24)10-6-17/h1-12,14H,13H2,(H,26,27)/b25-14+. The van der Waals surface area contributed by atoms with Gasteiger partial charge < -0.3 is 4.74 Å². The molecule has 0 saturated carbocycles. The minimum absolute atomic E-state index is 0.211. The number of ether oxygens (including phenoxy) is 1. The summed E-state index contributed by atoms with van der Waals surface area (Å²) in [7, 11) is 0. The van der Waals surface area contributed by atoms with Gasteiger partial charge in [-0.3, -0.25) is 4.79 Å². The average molecular weight is 472 g/mol. The molecule has 3 rings (SSSR count). The number of carbonyl (C=O) groups is 2. The Morgan fingerprint density at radius 2 is 1.62 bits per heavy atom. The monoisotopic (exact) mass is 470 g/mol. The molecule has 146 valence electrons. The number of nitrogens with zero attached hydrogens (tertiary/aromatic N) is 1. The molecule has 3 aromatic carbocycles. The van der Waals surface area contributed by atoms with Gasteiger partial charge >= 0.3 is 5.97 Å². The minimum Gasteiger partial charge on any atom is -0.423 e. The lowest BCUT2D eigenvalue weighted by molar-refractivity contribution is -0.120. The molecule has 0 aliphatic rings. The number of rotatable bonds is 6. The third kappa shape index (κ3) is 6.55. The van der Waals surface area contributed by atoms with Crippen LogP contribution in [0, 0.1) is 0 Å². The van der Waals surface area contributed by atoms with Gasteiger partial charge in [-0.2, -0.15) is 5.10 Å². The summed E-state index contributed by atoms with van der Waals surface area (Å²) in [5, 5.41) is 4.50. The summed E-state index contributed by atoms with van der Waals surface area (Å²) in [6.07, 6.45) is 1.76. The number of amides is 1. The van der Waals surface area contributed by atoms with E-state index in [0.717, 1.165) is 15.6 Å². The molecule has 1 N–H and O–H groups in total. The van der Waals surface area contributed by atoms with Crippen LogP contribution in [0.2, 0.25) is 5.02 Å². The lowest BCUT2D eigenvalue weighted by atomic mass is 10.1. The molecule has 3 aromatic rings. The Morgan fingerprint density at radius 3 is 2.28 bits per heavy atom. The van der Waals surface area contributed by atoms with Gasteiger partial charge in [-0.05, 0) is 71.8 Å². The van der Waals surface area contributed by atoms with Crippen molar-refractivity contribution in [1.29, 1.82) is 0 Å². The van der Waals surface area contributed by atoms with Gasteiger partial charge in [0, 0.05) is 9.50 Å². The first-order valence-corrected chi connectivity index (χ1v) is 9.81. The first-order valence-electron chi connectivity index (χ1n) is 8.64. The molecule has 0 spiro atoms. The molecule has 0 heterocycles. The molecule has 0 aromatic heterocycles. The highest BCUT2D eigenvalue weighted by Gasteiger charge is 2.08. The van der Waals surface area contributed by atoms with E-state index in [-0.39, 0.29) is 12.3 Å². The second kappa shape index (κ2) is 10.0. The molecule has 0 atom stereocenters. The molecule has 29 heavy (non-hydrogen) atoms. The Morgan fingerprint density at radius 1 is 0.966 bits per heavy atom. The largest absolute Gasteiger partial charge is 0.423 e. The molecule has 0 aliphatic heterocycles. The third-order valence-electron chi connectivity index (χ3n) is 3.85. The second-order valence-electron chi connectivity index (χ2n) is 6.06. The fraction of sp³-hybridized carbons (Fsp3) is 0.0455. The van der Waals surface area contributed by atoms with Crippen LogP contribution in [0.3, 0.4) is 0 Å². The Balaban J connectivity index is 1.50. The zero-order valence-electron chi connectivity index (χ0n) is 15.1. The second-order valence-corrected chi connectivity index (χ2v) is 7.41. The van der Waals surface area contributed by atoms with E-state index in [4.69, 9.17) is 16.3 Å². The predicted molar refractivity (Wildman–Crippen MR) is 116 cm³/mol. The molecular formula is C22H16BrClN2O3. The summed E-state index contributed by atoms with van der Waals surface area (Å²) in [5.74, 6) is -0.276. The summed E-state index contributed by atoms with van der Waals surface area (Å²) in [4.78, 5) is 24.0. The molecule has 0 aliphatic carbocycles. The smallest absolute Gasteiger partial charge is 0.343 e. The normalized spacial score (nSPS) is 10.7. The van der Waals surface area contributed by atoms with Crippen LogP contribution in [-0.2, 0) is 11.2 Å². The van der Waals surface area contributed by atoms with Gasteiger partial charge in [-0.15, -0.1) is 0 Å². The maximum Gasteiger partial charge on any atom is 0.343 e. The summed E-state index contributed by atoms with van der Waals surface area (Å²) < 4.78 is 6.27. The Labute approximate surface area is 181 Å². The van der Waals surface area contributed by atoms with E-state index in [1.165, 1.54) is 6.21 Å². The molecule has 0 radical (unpaired) electrons. The first kappa shape index (κ1) is 20.8. The number of hydrazone groups is 1. The topological polar surface area (TPSA) is 67.8 Å². The van der Waals surface area contributed by atoms with Crippen LogP contribution < -0.4 is 10.2 Å². The van der Waals surface area contributed by atoms with Gasteiger partial charge in [0.1, 0.15) is 5.75 Å². The quantitative estimate of drug-likeness (QED) is 0.238. The van der Waals surface area contributed by atoms with Crippen LogP contribution in [-0.4, -0.2) is 18.1 Å². The van der Waals surface area contributed by atoms with Crippen molar-refractivity contribution in [3.8, 4) is 5.75 Å². The van der Waals surface area contributed by atoms with Crippen LogP contribution >= 0.6 is 27.5 Å². The number of nitrogens with one attached hydrogen (secondary N) is 1. The van der Waals surface area contributed by atoms with Crippen molar-refractivity contribution in [1.82, 2.24) is 5.43 Å². The van der Waals surface area contributed by atoms with E-state index in [1.54, 1.807) is 48.5 Å². The van der Waals surface area contributed by atoms with Crippen molar-refractivity contribution in [3.05, 3.63) is 99.0 Å². The molecule has 7 heteroatoms. The highest BCUT2D eigenvalue weighted by molar-refractivity contribution is 9.10. The van der Waals surface area contributed by atoms with Gasteiger partial charge in [-0.1, -0.05) is 39.7 Å². The molecule has 0 bridgehead atoms. The van der Waals surface area contributed by atoms with Crippen molar-refractivity contribution >= 4 is 45.6 Å². The summed E-state index contributed by atoms with van der Waals surface area (Å²) in [6.45, 7) is 0. The van der Waals surface area contributed by atoms with Crippen LogP contribution in [0.5, 0.6) is 5.75 Å². The predicted octanol–water partition coefficient (Wildman–Crippen LogP) is 5.01. The van der Waals surface area contributed by atoms with Crippen LogP contribution in [0.25, 0.3) is 0 Å². The van der Waals surface area contributed by atoms with Gasteiger partial charge in [0.25, 0.3) is 0 Å². The molecule has 1 amide bonds. The molecule has 0 fully saturated rings. The van der Waals surface area contributed by atoms with Gasteiger partial charge in [-0.25, -0.2) is 10.2 Å². The Hall–Kier alpha value is -2.96. The van der Waals surface area contributed by atoms with E-state index in [2.05, 4.69) is 26.5 Å². The minimum atomic E-state index is -0.469. The third-order valence-corrected chi connectivity index (χ3v) is 4.63. The van der Waals surface area contributed by atoms with E-state index >= 15 is 0 Å². The zero-order chi connectivity index (χ0) is 20.6. The van der Waals surface area contributed by atoms with Gasteiger partial charge in [0.05, 0.1) is 18.2 Å². The van der Waals surface area contributed by atoms with E-state index in [9.17, 15) is 9.59 Å². The number of hydrogen-bond donors (Lipinski definition) is 1. The van der Waals surface area contributed by atoms with Crippen molar-refractivity contribution in [3.63, 3.8) is 0 Å². The Bertz CT molecular complexity index is 1020. The van der Waals surface area contributed by atoms with Gasteiger partial charge in [0.15, 0.2) is 0 Å². The summed E-state index contributed by atoms with van der Waals surface area (Å²) >= 11 is 9.16. The maximum atomic E-state index is 12.1. The first-order chi connectivity index (χ1) is 14.0. The number of hydrogen-bond acceptors (Lipinski definition) is 4. The molecule has 0 saturated heterocycles. The lowest BCUT2D eigenvalue weighted by Crippen LogP contribution is -2.19. The van der Waals surface area contributed by atoms with Crippen molar-refractivity contribution in [2.45, 2.75) is 6.42 Å². The summed E-state index contributed by atoms with van der Waals surface area (Å²) in [6, 6.07) is 20.7. The number of halogens is 2. The Kier molecular flexibility index (Phi) is 7.16. The highest BCUT2D eigenvalue weighted by atomic mass is 79.9. The molecular weight excluding hydrogens is 456 g/mol. The fourth-order valence-corrected chi connectivity index (χ4v) is 2.77. The van der Waals surface area contributed by atoms with Crippen molar-refractivity contribution < 1.29 is 14.3 Å². The van der Waals surface area contributed by atoms with Gasteiger partial charge in [0.2, 0.25) is 5.91 Å². The van der Waals surface area contributed by atoms with Crippen molar-refractivity contribution in [2.75, 3.05) is 0 Å². The maximum absolute atomic E-state index is 12.1. The molecule has 0 unspecified atom stereocenters. The van der Waals surface area contributed by atoms with E-state index in [1.807, 2.05) is 24.3 Å². The highest BCUT2D eigenvalue weighted by Crippen LogP contribution is 2.15. The van der Waals surface area contributed by atoms with E-state index in [0.29, 0.717) is 16.3 Å². The van der Waals surface area contributed by atoms with Crippen LogP contribution in [0.4, 0.5) is 0 Å². The van der Waals surface area contributed by atoms with Crippen LogP contribution in [0.1, 0.15) is 21.5 Å². The number of esters is 1. The van der Waals surface area contributed by atoms with Crippen LogP contribution in [0.15, 0.2) is 82.4 Å². The SMILES string of the molecule is O=C(Cc1ccc(Br)cc1)N/N=C/c1ccc(OC(=O)c2ccc(Cl)cc2)cc1. The van der Waals surface area contributed by atoms with Crippen molar-refractivity contribution in [2.24, 2.45) is 5.10 Å². The number of benzene rings is 3.